The molecule has 0 spiro atoms. The third-order valence-electron chi connectivity index (χ3n) is 3.07. The molecule has 2 aromatic rings. The number of hydrogen-bond donors (Lipinski definition) is 0. The number of hydrogen-bond acceptors (Lipinski definition) is 4. The number of carbonyl (C=O) groups is 1. The molecule has 1 saturated heterocycles. The van der Waals surface area contributed by atoms with Gasteiger partial charge in [0.15, 0.2) is 0 Å². The minimum absolute atomic E-state index is 0.218. The van der Waals surface area contributed by atoms with Crippen molar-refractivity contribution in [2.45, 2.75) is 19.3 Å². The Balaban J connectivity index is 1.68. The Morgan fingerprint density at radius 1 is 1.33 bits per heavy atom. The molecular weight excluding hydrogens is 264 g/mol. The Bertz CT molecular complexity index is 527. The van der Waals surface area contributed by atoms with Gasteiger partial charge in [0.25, 0.3) is 0 Å². The highest BCUT2D eigenvalue weighted by Gasteiger charge is 2.19. The molecule has 1 aliphatic rings. The Labute approximate surface area is 114 Å². The molecule has 0 aromatic carbocycles. The fourth-order valence-corrected chi connectivity index (χ4v) is 3.77. The second-order valence-electron chi connectivity index (χ2n) is 4.39. The lowest BCUT2D eigenvalue weighted by molar-refractivity contribution is -0.129. The van der Waals surface area contributed by atoms with Crippen LogP contribution in [0.1, 0.15) is 18.5 Å². The number of amides is 1. The maximum absolute atomic E-state index is 12.0. The summed E-state index contributed by atoms with van der Waals surface area (Å²) in [6.45, 7) is 1.83. The predicted molar refractivity (Wildman–Crippen MR) is 74.9 cm³/mol. The van der Waals surface area contributed by atoms with Crippen LogP contribution in [0.3, 0.4) is 0 Å². The van der Waals surface area contributed by atoms with Gasteiger partial charge in [-0.3, -0.25) is 4.79 Å². The fraction of sp³-hybridized carbons (Fsp3) is 0.385. The zero-order chi connectivity index (χ0) is 12.4. The third-order valence-corrected chi connectivity index (χ3v) is 5.01. The van der Waals surface area contributed by atoms with Crippen LogP contribution in [-0.2, 0) is 11.2 Å². The lowest BCUT2D eigenvalue weighted by Gasteiger charge is -2.13. The van der Waals surface area contributed by atoms with Crippen molar-refractivity contribution in [2.75, 3.05) is 13.1 Å². The largest absolute Gasteiger partial charge is 0.342 e. The zero-order valence-corrected chi connectivity index (χ0v) is 11.6. The second-order valence-corrected chi connectivity index (χ2v) is 6.19. The summed E-state index contributed by atoms with van der Waals surface area (Å²) in [4.78, 5) is 19.7. The number of likely N-dealkylation sites (tertiary alicyclic amines) is 1. The molecule has 3 heterocycles. The molecule has 3 nitrogen and oxygen atoms in total. The van der Waals surface area contributed by atoms with Crippen molar-refractivity contribution in [1.29, 1.82) is 0 Å². The van der Waals surface area contributed by atoms with Gasteiger partial charge >= 0.3 is 0 Å². The first kappa shape index (κ1) is 11.9. The average Bonchev–Trinajstić information content (AvgIpc) is 3.12. The van der Waals surface area contributed by atoms with Gasteiger partial charge in [0.1, 0.15) is 5.01 Å². The molecule has 0 unspecified atom stereocenters. The normalized spacial score (nSPS) is 15.2. The summed E-state index contributed by atoms with van der Waals surface area (Å²) >= 11 is 3.31. The first-order chi connectivity index (χ1) is 8.83. The molecule has 3 rings (SSSR count). The smallest absolute Gasteiger partial charge is 0.228 e. The fourth-order valence-electron chi connectivity index (χ4n) is 2.13. The highest BCUT2D eigenvalue weighted by Crippen LogP contribution is 2.28. The number of thiophene rings is 1. The molecule has 0 radical (unpaired) electrons. The van der Waals surface area contributed by atoms with E-state index in [1.807, 2.05) is 21.7 Å². The molecule has 0 N–H and O–H groups in total. The summed E-state index contributed by atoms with van der Waals surface area (Å²) in [6, 6.07) is 4.09. The van der Waals surface area contributed by atoms with Gasteiger partial charge in [0, 0.05) is 18.5 Å². The molecule has 5 heteroatoms. The van der Waals surface area contributed by atoms with E-state index in [1.165, 1.54) is 4.88 Å². The number of aromatic nitrogens is 1. The van der Waals surface area contributed by atoms with Crippen molar-refractivity contribution in [2.24, 2.45) is 0 Å². The van der Waals surface area contributed by atoms with Gasteiger partial charge in [-0.1, -0.05) is 6.07 Å². The molecule has 0 aliphatic carbocycles. The van der Waals surface area contributed by atoms with Gasteiger partial charge < -0.3 is 4.90 Å². The molecule has 0 atom stereocenters. The summed E-state index contributed by atoms with van der Waals surface area (Å²) in [6.07, 6.45) is 2.73. The lowest BCUT2D eigenvalue weighted by Crippen LogP contribution is -2.29. The van der Waals surface area contributed by atoms with Gasteiger partial charge in [-0.25, -0.2) is 4.98 Å². The minimum atomic E-state index is 0.218. The van der Waals surface area contributed by atoms with Crippen molar-refractivity contribution in [1.82, 2.24) is 9.88 Å². The van der Waals surface area contributed by atoms with E-state index in [2.05, 4.69) is 11.1 Å². The van der Waals surface area contributed by atoms with Crippen LogP contribution in [-0.4, -0.2) is 28.9 Å². The predicted octanol–water partition coefficient (Wildman–Crippen LogP) is 3.04. The third kappa shape index (κ3) is 2.47. The molecular formula is C13H14N2OS2. The number of carbonyl (C=O) groups excluding carboxylic acids is 1. The highest BCUT2D eigenvalue weighted by atomic mass is 32.1. The van der Waals surface area contributed by atoms with Gasteiger partial charge in [0.2, 0.25) is 5.91 Å². The summed E-state index contributed by atoms with van der Waals surface area (Å²) < 4.78 is 0. The molecule has 94 valence electrons. The number of thiazole rings is 1. The SMILES string of the molecule is O=C(Cc1csc(-c2cccs2)n1)N1CCCC1. The topological polar surface area (TPSA) is 33.2 Å². The van der Waals surface area contributed by atoms with Crippen molar-refractivity contribution in [3.05, 3.63) is 28.6 Å². The first-order valence-corrected chi connectivity index (χ1v) is 7.85. The Morgan fingerprint density at radius 3 is 2.89 bits per heavy atom. The van der Waals surface area contributed by atoms with E-state index >= 15 is 0 Å². The Kier molecular flexibility index (Phi) is 3.43. The van der Waals surface area contributed by atoms with E-state index < -0.39 is 0 Å². The van der Waals surface area contributed by atoms with Crippen molar-refractivity contribution < 1.29 is 4.79 Å². The number of nitrogens with zero attached hydrogens (tertiary/aromatic N) is 2. The van der Waals surface area contributed by atoms with Gasteiger partial charge in [-0.2, -0.15) is 0 Å². The second kappa shape index (κ2) is 5.20. The molecule has 2 aromatic heterocycles. The van der Waals surface area contributed by atoms with Crippen molar-refractivity contribution in [3.63, 3.8) is 0 Å². The van der Waals surface area contributed by atoms with E-state index in [9.17, 15) is 4.79 Å². The van der Waals surface area contributed by atoms with E-state index in [4.69, 9.17) is 0 Å². The molecule has 1 fully saturated rings. The van der Waals surface area contributed by atoms with E-state index in [1.54, 1.807) is 22.7 Å². The quantitative estimate of drug-likeness (QED) is 0.864. The van der Waals surface area contributed by atoms with Crippen LogP contribution in [0.25, 0.3) is 9.88 Å². The molecule has 1 amide bonds. The van der Waals surface area contributed by atoms with E-state index in [-0.39, 0.29) is 5.91 Å². The summed E-state index contributed by atoms with van der Waals surface area (Å²) in [7, 11) is 0. The number of rotatable bonds is 3. The summed E-state index contributed by atoms with van der Waals surface area (Å²) in [5.74, 6) is 0.218. The first-order valence-electron chi connectivity index (χ1n) is 6.09. The van der Waals surface area contributed by atoms with E-state index in [0.717, 1.165) is 36.6 Å². The highest BCUT2D eigenvalue weighted by molar-refractivity contribution is 7.20. The summed E-state index contributed by atoms with van der Waals surface area (Å²) in [5.41, 5.74) is 0.903. The summed E-state index contributed by atoms with van der Waals surface area (Å²) in [5, 5.41) is 5.07. The van der Waals surface area contributed by atoms with Crippen LogP contribution in [0.2, 0.25) is 0 Å². The Morgan fingerprint density at radius 2 is 2.17 bits per heavy atom. The van der Waals surface area contributed by atoms with Crippen LogP contribution in [0.15, 0.2) is 22.9 Å². The molecule has 0 saturated carbocycles. The van der Waals surface area contributed by atoms with E-state index in [0.29, 0.717) is 6.42 Å². The average molecular weight is 278 g/mol. The maximum atomic E-state index is 12.0. The van der Waals surface area contributed by atoms with Gasteiger partial charge in [-0.05, 0) is 24.3 Å². The molecule has 1 aliphatic heterocycles. The monoisotopic (exact) mass is 278 g/mol. The minimum Gasteiger partial charge on any atom is -0.342 e. The zero-order valence-electron chi connectivity index (χ0n) is 9.96. The van der Waals surface area contributed by atoms with Crippen LogP contribution in [0.5, 0.6) is 0 Å². The lowest BCUT2D eigenvalue weighted by atomic mass is 10.3. The van der Waals surface area contributed by atoms with Gasteiger partial charge in [0.05, 0.1) is 17.0 Å². The van der Waals surface area contributed by atoms with Crippen LogP contribution < -0.4 is 0 Å². The van der Waals surface area contributed by atoms with Crippen LogP contribution >= 0.6 is 22.7 Å². The standard InChI is InChI=1S/C13H14N2OS2/c16-12(15-5-1-2-6-15)8-10-9-18-13(14-10)11-4-3-7-17-11/h3-4,7,9H,1-2,5-6,8H2. The maximum Gasteiger partial charge on any atom is 0.228 e. The van der Waals surface area contributed by atoms with Crippen molar-refractivity contribution >= 4 is 28.6 Å². The molecule has 18 heavy (non-hydrogen) atoms. The molecule has 0 bridgehead atoms. The van der Waals surface area contributed by atoms with Crippen LogP contribution in [0.4, 0.5) is 0 Å². The van der Waals surface area contributed by atoms with Gasteiger partial charge in [-0.15, -0.1) is 22.7 Å². The van der Waals surface area contributed by atoms with Crippen LogP contribution in [0, 0.1) is 0 Å². The Hall–Kier alpha value is -1.20. The van der Waals surface area contributed by atoms with Crippen molar-refractivity contribution in [3.8, 4) is 9.88 Å².